The lowest BCUT2D eigenvalue weighted by Crippen LogP contribution is -2.33. The van der Waals surface area contributed by atoms with E-state index in [1.54, 1.807) is 12.1 Å². The third kappa shape index (κ3) is 3.48. The Balaban J connectivity index is 2.18. The Labute approximate surface area is 118 Å². The van der Waals surface area contributed by atoms with Crippen molar-refractivity contribution in [3.05, 3.63) is 36.4 Å². The van der Waals surface area contributed by atoms with Crippen LogP contribution in [0, 0.1) is 0 Å². The molecule has 0 atom stereocenters. The highest BCUT2D eigenvalue weighted by Crippen LogP contribution is 2.29. The molecule has 0 aliphatic heterocycles. The van der Waals surface area contributed by atoms with E-state index in [9.17, 15) is 9.90 Å². The van der Waals surface area contributed by atoms with Gasteiger partial charge in [0, 0.05) is 28.4 Å². The maximum atomic E-state index is 12.0. The molecule has 0 unspecified atom stereocenters. The molecule has 0 spiro atoms. The van der Waals surface area contributed by atoms with Crippen molar-refractivity contribution in [2.75, 3.05) is 5.32 Å². The predicted molar refractivity (Wildman–Crippen MR) is 81.7 cm³/mol. The first-order chi connectivity index (χ1) is 9.37. The van der Waals surface area contributed by atoms with E-state index in [2.05, 4.69) is 5.32 Å². The average Bonchev–Trinajstić information content (AvgIpc) is 2.37. The summed E-state index contributed by atoms with van der Waals surface area (Å²) in [6.07, 6.45) is 0.994. The molecule has 20 heavy (non-hydrogen) atoms. The molecular weight excluding hydrogens is 252 g/mol. The number of carbonyl (C=O) groups is 1. The van der Waals surface area contributed by atoms with Crippen molar-refractivity contribution in [1.82, 2.24) is 0 Å². The van der Waals surface area contributed by atoms with Gasteiger partial charge in [-0.2, -0.15) is 0 Å². The molecule has 4 N–H and O–H groups in total. The zero-order chi connectivity index (χ0) is 14.8. The SMILES string of the molecule is CC(C)(N)CCC(=O)Nc1cccc2c(O)cccc12. The molecule has 1 amide bonds. The third-order valence-corrected chi connectivity index (χ3v) is 3.17. The molecule has 4 nitrogen and oxygen atoms in total. The number of amides is 1. The number of hydrogen-bond donors (Lipinski definition) is 3. The minimum absolute atomic E-state index is 0.0700. The Kier molecular flexibility index (Phi) is 3.95. The number of fused-ring (bicyclic) bond motifs is 1. The quantitative estimate of drug-likeness (QED) is 0.801. The number of phenols is 1. The molecule has 0 aliphatic rings. The van der Waals surface area contributed by atoms with Gasteiger partial charge >= 0.3 is 0 Å². The standard InChI is InChI=1S/C16H20N2O2/c1-16(2,17)10-9-15(20)18-13-7-3-6-12-11(13)5-4-8-14(12)19/h3-8,19H,9-10,17H2,1-2H3,(H,18,20). The largest absolute Gasteiger partial charge is 0.507 e. The summed E-state index contributed by atoms with van der Waals surface area (Å²) in [7, 11) is 0. The van der Waals surface area contributed by atoms with Crippen LogP contribution in [0.15, 0.2) is 36.4 Å². The molecule has 0 heterocycles. The maximum Gasteiger partial charge on any atom is 0.224 e. The van der Waals surface area contributed by atoms with Gasteiger partial charge in [0.2, 0.25) is 5.91 Å². The predicted octanol–water partition coefficient (Wildman–Crippen LogP) is 3.00. The minimum Gasteiger partial charge on any atom is -0.507 e. The van der Waals surface area contributed by atoms with Crippen LogP contribution in [-0.2, 0) is 4.79 Å². The van der Waals surface area contributed by atoms with Gasteiger partial charge in [-0.05, 0) is 32.4 Å². The lowest BCUT2D eigenvalue weighted by atomic mass is 10.00. The van der Waals surface area contributed by atoms with E-state index in [-0.39, 0.29) is 17.2 Å². The van der Waals surface area contributed by atoms with Gasteiger partial charge in [-0.15, -0.1) is 0 Å². The highest BCUT2D eigenvalue weighted by molar-refractivity contribution is 6.03. The summed E-state index contributed by atoms with van der Waals surface area (Å²) in [5, 5.41) is 14.2. The maximum absolute atomic E-state index is 12.0. The van der Waals surface area contributed by atoms with Gasteiger partial charge in [0.05, 0.1) is 0 Å². The van der Waals surface area contributed by atoms with Crippen LogP contribution in [-0.4, -0.2) is 16.6 Å². The number of rotatable bonds is 4. The van der Waals surface area contributed by atoms with Gasteiger partial charge in [-0.3, -0.25) is 4.79 Å². The molecule has 0 radical (unpaired) electrons. The summed E-state index contributed by atoms with van der Waals surface area (Å²) in [6.45, 7) is 3.80. The molecule has 0 bridgehead atoms. The molecule has 2 aromatic carbocycles. The molecule has 0 aliphatic carbocycles. The first kappa shape index (κ1) is 14.3. The van der Waals surface area contributed by atoms with Crippen molar-refractivity contribution in [1.29, 1.82) is 0 Å². The Morgan fingerprint density at radius 3 is 2.55 bits per heavy atom. The molecule has 2 aromatic rings. The van der Waals surface area contributed by atoms with Crippen molar-refractivity contribution < 1.29 is 9.90 Å². The van der Waals surface area contributed by atoms with Crippen LogP contribution < -0.4 is 11.1 Å². The molecule has 0 fully saturated rings. The summed E-state index contributed by atoms with van der Waals surface area (Å²) < 4.78 is 0. The summed E-state index contributed by atoms with van der Waals surface area (Å²) in [5.41, 5.74) is 6.23. The van der Waals surface area contributed by atoms with Gasteiger partial charge < -0.3 is 16.2 Å². The minimum atomic E-state index is -0.353. The first-order valence-electron chi connectivity index (χ1n) is 6.66. The van der Waals surface area contributed by atoms with Crippen LogP contribution in [0.4, 0.5) is 5.69 Å². The van der Waals surface area contributed by atoms with E-state index in [0.717, 1.165) is 10.8 Å². The Morgan fingerprint density at radius 1 is 1.20 bits per heavy atom. The fraction of sp³-hybridized carbons (Fsp3) is 0.312. The van der Waals surface area contributed by atoms with Crippen molar-refractivity contribution in [2.24, 2.45) is 5.73 Å². The van der Waals surface area contributed by atoms with Crippen molar-refractivity contribution in [3.63, 3.8) is 0 Å². The van der Waals surface area contributed by atoms with Crippen molar-refractivity contribution in [2.45, 2.75) is 32.2 Å². The van der Waals surface area contributed by atoms with Crippen LogP contribution in [0.3, 0.4) is 0 Å². The van der Waals surface area contributed by atoms with Gasteiger partial charge in [0.25, 0.3) is 0 Å². The number of aromatic hydroxyl groups is 1. The van der Waals surface area contributed by atoms with Crippen LogP contribution in [0.2, 0.25) is 0 Å². The monoisotopic (exact) mass is 272 g/mol. The van der Waals surface area contributed by atoms with Crippen LogP contribution in [0.25, 0.3) is 10.8 Å². The van der Waals surface area contributed by atoms with E-state index in [4.69, 9.17) is 5.73 Å². The molecule has 0 saturated carbocycles. The smallest absolute Gasteiger partial charge is 0.224 e. The van der Waals surface area contributed by atoms with E-state index in [1.165, 1.54) is 0 Å². The van der Waals surface area contributed by atoms with Gasteiger partial charge in [-0.1, -0.05) is 24.3 Å². The van der Waals surface area contributed by atoms with Gasteiger partial charge in [-0.25, -0.2) is 0 Å². The lowest BCUT2D eigenvalue weighted by molar-refractivity contribution is -0.116. The second-order valence-corrected chi connectivity index (χ2v) is 5.71. The Morgan fingerprint density at radius 2 is 1.85 bits per heavy atom. The highest BCUT2D eigenvalue weighted by Gasteiger charge is 2.14. The van der Waals surface area contributed by atoms with Crippen LogP contribution in [0.1, 0.15) is 26.7 Å². The Bertz CT molecular complexity index is 630. The molecule has 4 heteroatoms. The second-order valence-electron chi connectivity index (χ2n) is 5.71. The third-order valence-electron chi connectivity index (χ3n) is 3.17. The van der Waals surface area contributed by atoms with Crippen molar-refractivity contribution >= 4 is 22.4 Å². The van der Waals surface area contributed by atoms with E-state index in [1.807, 2.05) is 38.1 Å². The summed E-state index contributed by atoms with van der Waals surface area (Å²) >= 11 is 0. The molecule has 0 aromatic heterocycles. The summed E-state index contributed by atoms with van der Waals surface area (Å²) in [4.78, 5) is 12.0. The van der Waals surface area contributed by atoms with Gasteiger partial charge in [0.1, 0.15) is 5.75 Å². The number of benzene rings is 2. The van der Waals surface area contributed by atoms with Crippen LogP contribution in [0.5, 0.6) is 5.75 Å². The lowest BCUT2D eigenvalue weighted by Gasteiger charge is -2.17. The first-order valence-corrected chi connectivity index (χ1v) is 6.66. The highest BCUT2D eigenvalue weighted by atomic mass is 16.3. The molecule has 2 rings (SSSR count). The number of phenolic OH excluding ortho intramolecular Hbond substituents is 1. The number of nitrogens with two attached hydrogens (primary N) is 1. The fourth-order valence-electron chi connectivity index (χ4n) is 2.05. The second kappa shape index (κ2) is 5.51. The number of nitrogens with one attached hydrogen (secondary N) is 1. The van der Waals surface area contributed by atoms with Gasteiger partial charge in [0.15, 0.2) is 0 Å². The molecule has 0 saturated heterocycles. The topological polar surface area (TPSA) is 75.4 Å². The molecule has 106 valence electrons. The van der Waals surface area contributed by atoms with E-state index in [0.29, 0.717) is 18.5 Å². The van der Waals surface area contributed by atoms with E-state index >= 15 is 0 Å². The zero-order valence-electron chi connectivity index (χ0n) is 11.8. The zero-order valence-corrected chi connectivity index (χ0v) is 11.8. The number of carbonyl (C=O) groups excluding carboxylic acids is 1. The molecular formula is C16H20N2O2. The summed E-state index contributed by atoms with van der Waals surface area (Å²) in [5.74, 6) is 0.140. The number of hydrogen-bond acceptors (Lipinski definition) is 3. The average molecular weight is 272 g/mol. The van der Waals surface area contributed by atoms with Crippen molar-refractivity contribution in [3.8, 4) is 5.75 Å². The fourth-order valence-corrected chi connectivity index (χ4v) is 2.05. The Hall–Kier alpha value is -2.07. The normalized spacial score (nSPS) is 11.6. The van der Waals surface area contributed by atoms with E-state index < -0.39 is 0 Å². The number of anilines is 1. The van der Waals surface area contributed by atoms with Crippen LogP contribution >= 0.6 is 0 Å². The summed E-state index contributed by atoms with van der Waals surface area (Å²) in [6, 6.07) is 10.7.